The maximum absolute atomic E-state index is 13.2. The third kappa shape index (κ3) is 6.12. The van der Waals surface area contributed by atoms with Crippen LogP contribution in [0.5, 0.6) is 0 Å². The van der Waals surface area contributed by atoms with Crippen LogP contribution in [0.4, 0.5) is 4.39 Å². The first-order valence-electron chi connectivity index (χ1n) is 9.59. The highest BCUT2D eigenvalue weighted by molar-refractivity contribution is 5.68. The van der Waals surface area contributed by atoms with Gasteiger partial charge in [-0.05, 0) is 41.7 Å². The molecule has 0 saturated carbocycles. The molecule has 0 bridgehead atoms. The SMILES string of the molecule is O=C(O)COCCN1CCC(OCc2ccccc2-c2ccc(F)cc2)CC1. The first-order valence-corrected chi connectivity index (χ1v) is 9.59. The molecule has 0 spiro atoms. The highest BCUT2D eigenvalue weighted by Crippen LogP contribution is 2.25. The van der Waals surface area contributed by atoms with Gasteiger partial charge < -0.3 is 19.5 Å². The predicted molar refractivity (Wildman–Crippen MR) is 105 cm³/mol. The van der Waals surface area contributed by atoms with E-state index in [2.05, 4.69) is 4.90 Å². The minimum atomic E-state index is -0.937. The molecule has 3 rings (SSSR count). The van der Waals surface area contributed by atoms with E-state index >= 15 is 0 Å². The summed E-state index contributed by atoms with van der Waals surface area (Å²) >= 11 is 0. The van der Waals surface area contributed by atoms with E-state index < -0.39 is 5.97 Å². The molecule has 0 atom stereocenters. The van der Waals surface area contributed by atoms with Crippen LogP contribution in [0, 0.1) is 5.82 Å². The molecular weight excluding hydrogens is 361 g/mol. The lowest BCUT2D eigenvalue weighted by atomic mass is 10.00. The number of aliphatic carboxylic acids is 1. The summed E-state index contributed by atoms with van der Waals surface area (Å²) in [6.45, 7) is 3.30. The van der Waals surface area contributed by atoms with E-state index in [1.165, 1.54) is 12.1 Å². The number of hydrogen-bond acceptors (Lipinski definition) is 4. The van der Waals surface area contributed by atoms with Gasteiger partial charge >= 0.3 is 5.97 Å². The van der Waals surface area contributed by atoms with E-state index in [0.717, 1.165) is 49.2 Å². The summed E-state index contributed by atoms with van der Waals surface area (Å²) in [6, 6.07) is 14.6. The number of likely N-dealkylation sites (tertiary alicyclic amines) is 1. The topological polar surface area (TPSA) is 59.0 Å². The second kappa shape index (κ2) is 10.3. The standard InChI is InChI=1S/C22H26FNO4/c23-19-7-5-17(6-8-19)21-4-2-1-3-18(21)15-28-20-9-11-24(12-10-20)13-14-27-16-22(25)26/h1-8,20H,9-16H2,(H,25,26). The van der Waals surface area contributed by atoms with E-state index in [1.807, 2.05) is 24.3 Å². The molecule has 0 radical (unpaired) electrons. The van der Waals surface area contributed by atoms with Crippen molar-refractivity contribution in [1.29, 1.82) is 0 Å². The lowest BCUT2D eigenvalue weighted by Gasteiger charge is -2.31. The second-order valence-corrected chi connectivity index (χ2v) is 6.96. The zero-order valence-electron chi connectivity index (χ0n) is 15.9. The highest BCUT2D eigenvalue weighted by Gasteiger charge is 2.20. The highest BCUT2D eigenvalue weighted by atomic mass is 19.1. The van der Waals surface area contributed by atoms with Gasteiger partial charge in [0.05, 0.1) is 19.3 Å². The Hall–Kier alpha value is -2.28. The summed E-state index contributed by atoms with van der Waals surface area (Å²) in [5.74, 6) is -1.18. The largest absolute Gasteiger partial charge is 0.480 e. The molecule has 1 heterocycles. The summed E-state index contributed by atoms with van der Waals surface area (Å²) in [5, 5.41) is 8.57. The number of carboxylic acids is 1. The Morgan fingerprint density at radius 2 is 1.82 bits per heavy atom. The minimum Gasteiger partial charge on any atom is -0.480 e. The van der Waals surface area contributed by atoms with Crippen molar-refractivity contribution in [3.05, 3.63) is 59.9 Å². The molecule has 5 nitrogen and oxygen atoms in total. The average molecular weight is 387 g/mol. The van der Waals surface area contributed by atoms with Crippen molar-refractivity contribution in [1.82, 2.24) is 4.90 Å². The van der Waals surface area contributed by atoms with Crippen molar-refractivity contribution < 1.29 is 23.8 Å². The van der Waals surface area contributed by atoms with Crippen molar-refractivity contribution in [3.63, 3.8) is 0 Å². The van der Waals surface area contributed by atoms with Crippen molar-refractivity contribution in [2.75, 3.05) is 32.8 Å². The van der Waals surface area contributed by atoms with Crippen molar-refractivity contribution in [3.8, 4) is 11.1 Å². The molecule has 0 unspecified atom stereocenters. The Morgan fingerprint density at radius 1 is 1.11 bits per heavy atom. The zero-order chi connectivity index (χ0) is 19.8. The lowest BCUT2D eigenvalue weighted by molar-refractivity contribution is -0.142. The summed E-state index contributed by atoms with van der Waals surface area (Å²) in [7, 11) is 0. The van der Waals surface area contributed by atoms with Crippen LogP contribution in [0.3, 0.4) is 0 Å². The first kappa shape index (κ1) is 20.5. The van der Waals surface area contributed by atoms with Crippen molar-refractivity contribution in [2.24, 2.45) is 0 Å². The quantitative estimate of drug-likeness (QED) is 0.667. The van der Waals surface area contributed by atoms with Crippen LogP contribution in [-0.2, 0) is 20.9 Å². The number of carbonyl (C=O) groups is 1. The summed E-state index contributed by atoms with van der Waals surface area (Å²) in [6.07, 6.45) is 2.09. The smallest absolute Gasteiger partial charge is 0.329 e. The van der Waals surface area contributed by atoms with Crippen LogP contribution in [0.25, 0.3) is 11.1 Å². The molecule has 28 heavy (non-hydrogen) atoms. The summed E-state index contributed by atoms with van der Waals surface area (Å²) in [5.41, 5.74) is 3.14. The van der Waals surface area contributed by atoms with E-state index in [4.69, 9.17) is 14.6 Å². The van der Waals surface area contributed by atoms with Crippen LogP contribution in [0.1, 0.15) is 18.4 Å². The molecule has 0 aliphatic carbocycles. The molecule has 0 aromatic heterocycles. The fraction of sp³-hybridized carbons (Fsp3) is 0.409. The van der Waals surface area contributed by atoms with E-state index in [-0.39, 0.29) is 18.5 Å². The van der Waals surface area contributed by atoms with Gasteiger partial charge in [0.2, 0.25) is 0 Å². The third-order valence-corrected chi connectivity index (χ3v) is 4.96. The number of carboxylic acid groups (broad SMARTS) is 1. The predicted octanol–water partition coefficient (Wildman–Crippen LogP) is 3.57. The van der Waals surface area contributed by atoms with Crippen LogP contribution in [-0.4, -0.2) is 54.9 Å². The molecule has 150 valence electrons. The van der Waals surface area contributed by atoms with Crippen LogP contribution in [0.2, 0.25) is 0 Å². The Balaban J connectivity index is 1.46. The summed E-state index contributed by atoms with van der Waals surface area (Å²) in [4.78, 5) is 12.7. The van der Waals surface area contributed by atoms with Crippen molar-refractivity contribution >= 4 is 5.97 Å². The lowest BCUT2D eigenvalue weighted by Crippen LogP contribution is -2.38. The van der Waals surface area contributed by atoms with E-state index in [9.17, 15) is 9.18 Å². The Morgan fingerprint density at radius 3 is 2.54 bits per heavy atom. The van der Waals surface area contributed by atoms with Gasteiger partial charge in [-0.3, -0.25) is 0 Å². The van der Waals surface area contributed by atoms with Gasteiger partial charge in [0.1, 0.15) is 12.4 Å². The number of ether oxygens (including phenoxy) is 2. The first-order chi connectivity index (χ1) is 13.6. The Kier molecular flexibility index (Phi) is 7.54. The molecule has 1 aliphatic rings. The van der Waals surface area contributed by atoms with Gasteiger partial charge in [-0.1, -0.05) is 36.4 Å². The normalized spacial score (nSPS) is 15.6. The maximum Gasteiger partial charge on any atom is 0.329 e. The van der Waals surface area contributed by atoms with Crippen molar-refractivity contribution in [2.45, 2.75) is 25.6 Å². The van der Waals surface area contributed by atoms with Gasteiger partial charge in [0, 0.05) is 19.6 Å². The fourth-order valence-corrected chi connectivity index (χ4v) is 3.42. The monoisotopic (exact) mass is 387 g/mol. The molecule has 1 saturated heterocycles. The zero-order valence-corrected chi connectivity index (χ0v) is 15.9. The van der Waals surface area contributed by atoms with Crippen LogP contribution in [0.15, 0.2) is 48.5 Å². The Bertz CT molecular complexity index is 757. The number of nitrogens with zero attached hydrogens (tertiary/aromatic N) is 1. The average Bonchev–Trinajstić information content (AvgIpc) is 2.71. The van der Waals surface area contributed by atoms with Gasteiger partial charge in [-0.2, -0.15) is 0 Å². The third-order valence-electron chi connectivity index (χ3n) is 4.96. The van der Waals surface area contributed by atoms with Gasteiger partial charge in [-0.15, -0.1) is 0 Å². The molecule has 0 amide bonds. The molecule has 6 heteroatoms. The number of benzene rings is 2. The molecule has 2 aromatic carbocycles. The number of piperidine rings is 1. The Labute approximate surface area is 164 Å². The van der Waals surface area contributed by atoms with Crippen LogP contribution < -0.4 is 0 Å². The van der Waals surface area contributed by atoms with E-state index in [1.54, 1.807) is 12.1 Å². The minimum absolute atomic E-state index is 0.206. The van der Waals surface area contributed by atoms with Gasteiger partial charge in [-0.25, -0.2) is 9.18 Å². The molecule has 1 aliphatic heterocycles. The molecule has 2 aromatic rings. The van der Waals surface area contributed by atoms with Gasteiger partial charge in [0.25, 0.3) is 0 Å². The maximum atomic E-state index is 13.2. The number of rotatable bonds is 9. The van der Waals surface area contributed by atoms with Crippen LogP contribution >= 0.6 is 0 Å². The molecule has 1 N–H and O–H groups in total. The van der Waals surface area contributed by atoms with Gasteiger partial charge in [0.15, 0.2) is 0 Å². The molecule has 1 fully saturated rings. The number of hydrogen-bond donors (Lipinski definition) is 1. The molecular formula is C22H26FNO4. The fourth-order valence-electron chi connectivity index (χ4n) is 3.42. The summed E-state index contributed by atoms with van der Waals surface area (Å²) < 4.78 is 24.4. The second-order valence-electron chi connectivity index (χ2n) is 6.96. The van der Waals surface area contributed by atoms with E-state index in [0.29, 0.717) is 13.2 Å². The number of halogens is 1.